The topological polar surface area (TPSA) is 59.4 Å². The van der Waals surface area contributed by atoms with Gasteiger partial charge in [0.05, 0.1) is 24.6 Å². The molecule has 1 saturated heterocycles. The van der Waals surface area contributed by atoms with Gasteiger partial charge in [-0.05, 0) is 30.5 Å². The number of hydrogen-bond acceptors (Lipinski definition) is 5. The molecule has 6 nitrogen and oxygen atoms in total. The molecule has 0 amide bonds. The van der Waals surface area contributed by atoms with Crippen LogP contribution in [-0.2, 0) is 18.3 Å². The number of rotatable bonds is 5. The number of esters is 1. The SMILES string of the molecule is COC(=O)c1ccc(CNC2CCCN(c3cnn(C)c3)C2)cc1. The van der Waals surface area contributed by atoms with Crippen molar-refractivity contribution < 1.29 is 9.53 Å². The smallest absolute Gasteiger partial charge is 0.337 e. The monoisotopic (exact) mass is 328 g/mol. The largest absolute Gasteiger partial charge is 0.465 e. The maximum Gasteiger partial charge on any atom is 0.337 e. The zero-order valence-electron chi connectivity index (χ0n) is 14.2. The third kappa shape index (κ3) is 3.94. The molecule has 0 aliphatic carbocycles. The highest BCUT2D eigenvalue weighted by molar-refractivity contribution is 5.89. The molecule has 1 unspecified atom stereocenters. The van der Waals surface area contributed by atoms with Crippen LogP contribution in [0.2, 0.25) is 0 Å². The number of methoxy groups -OCH3 is 1. The Balaban J connectivity index is 1.53. The number of piperidine rings is 1. The van der Waals surface area contributed by atoms with Gasteiger partial charge >= 0.3 is 5.97 Å². The Morgan fingerprint density at radius 2 is 2.17 bits per heavy atom. The predicted octanol–water partition coefficient (Wildman–Crippen LogP) is 1.97. The van der Waals surface area contributed by atoms with Crippen LogP contribution in [0.3, 0.4) is 0 Å². The molecular weight excluding hydrogens is 304 g/mol. The number of aromatic nitrogens is 2. The molecule has 24 heavy (non-hydrogen) atoms. The number of ether oxygens (including phenoxy) is 1. The fourth-order valence-corrected chi connectivity index (χ4v) is 3.09. The molecule has 128 valence electrons. The van der Waals surface area contributed by atoms with Crippen molar-refractivity contribution in [3.05, 3.63) is 47.8 Å². The summed E-state index contributed by atoms with van der Waals surface area (Å²) in [5.41, 5.74) is 2.94. The Morgan fingerprint density at radius 1 is 1.38 bits per heavy atom. The molecule has 1 fully saturated rings. The van der Waals surface area contributed by atoms with Crippen molar-refractivity contribution in [2.45, 2.75) is 25.4 Å². The molecule has 1 aliphatic rings. The summed E-state index contributed by atoms with van der Waals surface area (Å²) in [7, 11) is 3.34. The predicted molar refractivity (Wildman–Crippen MR) is 93.1 cm³/mol. The molecule has 1 aromatic heterocycles. The van der Waals surface area contributed by atoms with Crippen LogP contribution in [0.15, 0.2) is 36.7 Å². The fourth-order valence-electron chi connectivity index (χ4n) is 3.09. The first-order valence-corrected chi connectivity index (χ1v) is 8.30. The van der Waals surface area contributed by atoms with E-state index in [4.69, 9.17) is 4.74 Å². The van der Waals surface area contributed by atoms with Gasteiger partial charge in [-0.1, -0.05) is 12.1 Å². The number of anilines is 1. The van der Waals surface area contributed by atoms with Gasteiger partial charge in [-0.3, -0.25) is 4.68 Å². The van der Waals surface area contributed by atoms with Gasteiger partial charge in [-0.2, -0.15) is 5.10 Å². The maximum atomic E-state index is 11.5. The summed E-state index contributed by atoms with van der Waals surface area (Å²) in [4.78, 5) is 13.8. The van der Waals surface area contributed by atoms with Crippen LogP contribution < -0.4 is 10.2 Å². The molecule has 1 aromatic carbocycles. The summed E-state index contributed by atoms with van der Waals surface area (Å²) < 4.78 is 6.56. The molecule has 2 heterocycles. The maximum absolute atomic E-state index is 11.5. The van der Waals surface area contributed by atoms with E-state index in [0.717, 1.165) is 19.6 Å². The van der Waals surface area contributed by atoms with Gasteiger partial charge in [-0.15, -0.1) is 0 Å². The normalized spacial score (nSPS) is 17.8. The summed E-state index contributed by atoms with van der Waals surface area (Å²) in [6.45, 7) is 2.87. The number of nitrogens with zero attached hydrogens (tertiary/aromatic N) is 3. The number of benzene rings is 1. The Hall–Kier alpha value is -2.34. The first-order chi connectivity index (χ1) is 11.7. The van der Waals surface area contributed by atoms with E-state index in [9.17, 15) is 4.79 Å². The number of carbonyl (C=O) groups excluding carboxylic acids is 1. The number of nitrogens with one attached hydrogen (secondary N) is 1. The minimum absolute atomic E-state index is 0.297. The molecule has 6 heteroatoms. The number of hydrogen-bond donors (Lipinski definition) is 1. The standard InChI is InChI=1S/C18H24N4O2/c1-21-13-17(11-20-21)22-9-3-4-16(12-22)19-10-14-5-7-15(8-6-14)18(23)24-2/h5-8,11,13,16,19H,3-4,9-10,12H2,1-2H3. The van der Waals surface area contributed by atoms with E-state index >= 15 is 0 Å². The minimum atomic E-state index is -0.297. The van der Waals surface area contributed by atoms with Crippen molar-refractivity contribution in [1.29, 1.82) is 0 Å². The van der Waals surface area contributed by atoms with Crippen LogP contribution in [0.25, 0.3) is 0 Å². The first-order valence-electron chi connectivity index (χ1n) is 8.30. The van der Waals surface area contributed by atoms with E-state index in [1.54, 1.807) is 0 Å². The zero-order chi connectivity index (χ0) is 16.9. The van der Waals surface area contributed by atoms with Crippen molar-refractivity contribution in [3.8, 4) is 0 Å². The second-order valence-corrected chi connectivity index (χ2v) is 6.23. The van der Waals surface area contributed by atoms with Crippen LogP contribution in [0.4, 0.5) is 5.69 Å². The van der Waals surface area contributed by atoms with Crippen LogP contribution in [0, 0.1) is 0 Å². The van der Waals surface area contributed by atoms with Crippen molar-refractivity contribution in [3.63, 3.8) is 0 Å². The highest BCUT2D eigenvalue weighted by Crippen LogP contribution is 2.19. The number of aryl methyl sites for hydroxylation is 1. The van der Waals surface area contributed by atoms with Crippen LogP contribution >= 0.6 is 0 Å². The first kappa shape index (κ1) is 16.5. The van der Waals surface area contributed by atoms with Gasteiger partial charge in [0.1, 0.15) is 0 Å². The molecule has 1 aliphatic heterocycles. The lowest BCUT2D eigenvalue weighted by Crippen LogP contribution is -2.45. The van der Waals surface area contributed by atoms with Crippen molar-refractivity contribution in [2.75, 3.05) is 25.1 Å². The molecular formula is C18H24N4O2. The lowest BCUT2D eigenvalue weighted by Gasteiger charge is -2.34. The summed E-state index contributed by atoms with van der Waals surface area (Å²) in [6.07, 6.45) is 6.34. The molecule has 0 radical (unpaired) electrons. The summed E-state index contributed by atoms with van der Waals surface area (Å²) in [6, 6.07) is 8.03. The van der Waals surface area contributed by atoms with Crippen molar-refractivity contribution in [2.24, 2.45) is 7.05 Å². The molecule has 0 spiro atoms. The molecule has 0 saturated carbocycles. The van der Waals surface area contributed by atoms with Gasteiger partial charge in [0.2, 0.25) is 0 Å². The second kappa shape index (κ2) is 7.49. The van der Waals surface area contributed by atoms with E-state index in [1.807, 2.05) is 42.2 Å². The van der Waals surface area contributed by atoms with Crippen LogP contribution in [0.5, 0.6) is 0 Å². The van der Waals surface area contributed by atoms with Gasteiger partial charge in [0, 0.05) is 38.9 Å². The summed E-state index contributed by atoms with van der Waals surface area (Å²) in [5.74, 6) is -0.297. The lowest BCUT2D eigenvalue weighted by molar-refractivity contribution is 0.0600. The van der Waals surface area contributed by atoms with E-state index < -0.39 is 0 Å². The molecule has 0 bridgehead atoms. The van der Waals surface area contributed by atoms with Crippen LogP contribution in [0.1, 0.15) is 28.8 Å². The Labute approximate surface area is 142 Å². The van der Waals surface area contributed by atoms with Gasteiger partial charge < -0.3 is 15.0 Å². The number of carbonyl (C=O) groups is 1. The third-order valence-corrected chi connectivity index (χ3v) is 4.45. The van der Waals surface area contributed by atoms with E-state index in [0.29, 0.717) is 11.6 Å². The fraction of sp³-hybridized carbons (Fsp3) is 0.444. The second-order valence-electron chi connectivity index (χ2n) is 6.23. The highest BCUT2D eigenvalue weighted by atomic mass is 16.5. The van der Waals surface area contributed by atoms with E-state index in [2.05, 4.69) is 21.5 Å². The average molecular weight is 328 g/mol. The Bertz CT molecular complexity index is 681. The van der Waals surface area contributed by atoms with Gasteiger partial charge in [0.25, 0.3) is 0 Å². The lowest BCUT2D eigenvalue weighted by atomic mass is 10.0. The quantitative estimate of drug-likeness (QED) is 0.850. The Morgan fingerprint density at radius 3 is 2.83 bits per heavy atom. The van der Waals surface area contributed by atoms with Crippen LogP contribution in [-0.4, -0.2) is 42.0 Å². The highest BCUT2D eigenvalue weighted by Gasteiger charge is 2.20. The molecule has 2 aromatic rings. The zero-order valence-corrected chi connectivity index (χ0v) is 14.2. The molecule has 3 rings (SSSR count). The molecule has 1 atom stereocenters. The van der Waals surface area contributed by atoms with E-state index in [-0.39, 0.29) is 5.97 Å². The summed E-state index contributed by atoms with van der Waals surface area (Å²) >= 11 is 0. The average Bonchev–Trinajstić information content (AvgIpc) is 3.06. The summed E-state index contributed by atoms with van der Waals surface area (Å²) in [5, 5.41) is 7.88. The minimum Gasteiger partial charge on any atom is -0.465 e. The van der Waals surface area contributed by atoms with Crippen molar-refractivity contribution in [1.82, 2.24) is 15.1 Å². The Kier molecular flexibility index (Phi) is 5.15. The van der Waals surface area contributed by atoms with Gasteiger partial charge in [-0.25, -0.2) is 4.79 Å². The van der Waals surface area contributed by atoms with E-state index in [1.165, 1.54) is 31.2 Å². The van der Waals surface area contributed by atoms with Gasteiger partial charge in [0.15, 0.2) is 0 Å². The van der Waals surface area contributed by atoms with Crippen molar-refractivity contribution >= 4 is 11.7 Å². The molecule has 1 N–H and O–H groups in total. The third-order valence-electron chi connectivity index (χ3n) is 4.45.